The summed E-state index contributed by atoms with van der Waals surface area (Å²) >= 11 is 14.3. The van der Waals surface area contributed by atoms with Gasteiger partial charge in [-0.3, -0.25) is 18.2 Å². The average molecular weight is 733 g/mol. The third-order valence-corrected chi connectivity index (χ3v) is 6.38. The first-order valence-electron chi connectivity index (χ1n) is 6.48. The standard InChI is InChI=1S/4C2H6O3S2.4Na.2H2S.4H/c4*3-7(4,5)2-1-6;;;;;;;;;;/h4*6H,1-2H2,(H,3,4,5);;;;;2*1H2;;;;. The van der Waals surface area contributed by atoms with Crippen molar-refractivity contribution in [2.75, 3.05) is 46.0 Å². The van der Waals surface area contributed by atoms with Gasteiger partial charge >= 0.3 is 118 Å². The van der Waals surface area contributed by atoms with E-state index in [4.69, 9.17) is 18.2 Å². The molecule has 0 unspecified atom stereocenters. The van der Waals surface area contributed by atoms with Crippen molar-refractivity contribution < 1.29 is 51.9 Å². The molecule has 4 N–H and O–H groups in total. The van der Waals surface area contributed by atoms with Crippen molar-refractivity contribution in [1.29, 1.82) is 0 Å². The molecule has 0 amide bonds. The van der Waals surface area contributed by atoms with Crippen molar-refractivity contribution in [3.63, 3.8) is 0 Å². The van der Waals surface area contributed by atoms with Gasteiger partial charge in [0.1, 0.15) is 0 Å². The predicted molar refractivity (Wildman–Crippen MR) is 170 cm³/mol. The van der Waals surface area contributed by atoms with Gasteiger partial charge in [0.05, 0.1) is 23.0 Å². The molecule has 0 aromatic rings. The predicted octanol–water partition coefficient (Wildman–Crippen LogP) is -3.15. The molecular formula is C8H32Na4O12S10. The van der Waals surface area contributed by atoms with Gasteiger partial charge in [-0.05, 0) is 0 Å². The van der Waals surface area contributed by atoms with Gasteiger partial charge in [0.2, 0.25) is 0 Å². The molecule has 0 saturated carbocycles. The van der Waals surface area contributed by atoms with Gasteiger partial charge in [0, 0.05) is 23.0 Å². The van der Waals surface area contributed by atoms with Gasteiger partial charge in [-0.25, -0.2) is 0 Å². The minimum absolute atomic E-state index is 0. The van der Waals surface area contributed by atoms with E-state index in [9.17, 15) is 33.7 Å². The van der Waals surface area contributed by atoms with Crippen molar-refractivity contribution >= 4 is 236 Å². The summed E-state index contributed by atoms with van der Waals surface area (Å²) in [7, 11) is -15.0. The van der Waals surface area contributed by atoms with Crippen LogP contribution in [0.15, 0.2) is 0 Å². The molecule has 26 heteroatoms. The third-order valence-electron chi connectivity index (χ3n) is 1.40. The van der Waals surface area contributed by atoms with E-state index in [2.05, 4.69) is 50.5 Å². The van der Waals surface area contributed by atoms with Crippen LogP contribution in [0, 0.1) is 0 Å². The Bertz CT molecular complexity index is 653. The summed E-state index contributed by atoms with van der Waals surface area (Å²) in [6.45, 7) is 0. The molecule has 0 aromatic heterocycles. The van der Waals surface area contributed by atoms with Gasteiger partial charge in [-0.2, -0.15) is 111 Å². The van der Waals surface area contributed by atoms with Crippen LogP contribution in [0.25, 0.3) is 0 Å². The van der Waals surface area contributed by atoms with Crippen LogP contribution in [0.3, 0.4) is 0 Å². The Morgan fingerprint density at radius 2 is 0.471 bits per heavy atom. The first kappa shape index (κ1) is 67.4. The van der Waals surface area contributed by atoms with E-state index >= 15 is 0 Å². The number of rotatable bonds is 8. The van der Waals surface area contributed by atoms with Crippen LogP contribution >= 0.6 is 77.5 Å². The second-order valence-electron chi connectivity index (χ2n) is 4.04. The van der Waals surface area contributed by atoms with Crippen molar-refractivity contribution in [1.82, 2.24) is 0 Å². The molecule has 0 atom stereocenters. The fraction of sp³-hybridized carbons (Fsp3) is 1.00. The van der Waals surface area contributed by atoms with Gasteiger partial charge < -0.3 is 0 Å². The molecule has 0 heterocycles. The van der Waals surface area contributed by atoms with Crippen LogP contribution in [0.5, 0.6) is 0 Å². The molecule has 0 rings (SSSR count). The molecule has 0 aromatic carbocycles. The van der Waals surface area contributed by atoms with Crippen LogP contribution in [0.1, 0.15) is 0 Å². The molecule has 0 aliphatic rings. The van der Waals surface area contributed by atoms with E-state index in [0.717, 1.165) is 0 Å². The molecule has 0 bridgehead atoms. The Morgan fingerprint density at radius 3 is 0.471 bits per heavy atom. The van der Waals surface area contributed by atoms with Crippen molar-refractivity contribution in [2.24, 2.45) is 0 Å². The normalized spacial score (nSPS) is 9.65. The molecule has 0 fully saturated rings. The molecule has 0 saturated heterocycles. The summed E-state index contributed by atoms with van der Waals surface area (Å²) in [5.74, 6) is -0.409. The van der Waals surface area contributed by atoms with Crippen LogP contribution < -0.4 is 0 Å². The molecule has 0 radical (unpaired) electrons. The summed E-state index contributed by atoms with van der Waals surface area (Å²) in [4.78, 5) is 0. The zero-order valence-electron chi connectivity index (χ0n) is 15.1. The Morgan fingerprint density at radius 1 is 0.382 bits per heavy atom. The molecular weight excluding hydrogens is 701 g/mol. The van der Waals surface area contributed by atoms with Gasteiger partial charge in [-0.1, -0.05) is 0 Å². The van der Waals surface area contributed by atoms with E-state index in [-0.39, 0.29) is 191 Å². The van der Waals surface area contributed by atoms with Crippen LogP contribution in [-0.2, 0) is 40.5 Å². The summed E-state index contributed by atoms with van der Waals surface area (Å²) in [6.07, 6.45) is 0. The molecule has 0 aliphatic carbocycles. The fourth-order valence-corrected chi connectivity index (χ4v) is 4.15. The molecule has 34 heavy (non-hydrogen) atoms. The summed E-state index contributed by atoms with van der Waals surface area (Å²) in [6, 6.07) is 0. The Kier molecular flexibility index (Phi) is 76.8. The van der Waals surface area contributed by atoms with Crippen LogP contribution in [0.4, 0.5) is 0 Å². The second kappa shape index (κ2) is 38.7. The zero-order chi connectivity index (χ0) is 23.7. The number of thiol groups is 4. The number of hydrogen-bond donors (Lipinski definition) is 8. The zero-order valence-corrected chi connectivity index (χ0v) is 24.0. The maximum atomic E-state index is 9.74. The Labute approximate surface area is 327 Å². The molecule has 200 valence electrons. The van der Waals surface area contributed by atoms with Gasteiger partial charge in [-0.15, -0.1) is 0 Å². The van der Waals surface area contributed by atoms with Gasteiger partial charge in [0.25, 0.3) is 40.5 Å². The SMILES string of the molecule is O=S(=O)(O)CCS.O=S(=O)(O)CCS.O=S(=O)(O)CCS.O=S(=O)(O)CCS.S.S.[NaH].[NaH].[NaH].[NaH]. The van der Waals surface area contributed by atoms with E-state index in [1.807, 2.05) is 0 Å². The van der Waals surface area contributed by atoms with Crippen molar-refractivity contribution in [3.8, 4) is 0 Å². The van der Waals surface area contributed by atoms with E-state index < -0.39 is 40.5 Å². The first-order valence-corrected chi connectivity index (χ1v) is 15.4. The maximum absolute atomic E-state index is 9.74. The third kappa shape index (κ3) is 108. The minimum atomic E-state index is -3.75. The van der Waals surface area contributed by atoms with Crippen molar-refractivity contribution in [2.45, 2.75) is 0 Å². The molecule has 0 aliphatic heterocycles. The van der Waals surface area contributed by atoms with Crippen LogP contribution in [0.2, 0.25) is 0 Å². The van der Waals surface area contributed by atoms with E-state index in [0.29, 0.717) is 0 Å². The molecule has 12 nitrogen and oxygen atoms in total. The Balaban J connectivity index is -0.0000000267. The monoisotopic (exact) mass is 732 g/mol. The van der Waals surface area contributed by atoms with E-state index in [1.165, 1.54) is 0 Å². The molecule has 0 spiro atoms. The second-order valence-corrected chi connectivity index (χ2v) is 12.1. The van der Waals surface area contributed by atoms with Gasteiger partial charge in [0.15, 0.2) is 0 Å². The number of hydrogen-bond acceptors (Lipinski definition) is 12. The van der Waals surface area contributed by atoms with Crippen LogP contribution in [-0.4, -0.2) is 216 Å². The quantitative estimate of drug-likeness (QED) is 0.0706. The summed E-state index contributed by atoms with van der Waals surface area (Å²) in [5.41, 5.74) is 0. The summed E-state index contributed by atoms with van der Waals surface area (Å²) in [5, 5.41) is 0. The Hall–Kier alpha value is 5.74. The van der Waals surface area contributed by atoms with E-state index in [1.54, 1.807) is 0 Å². The fourth-order valence-electron chi connectivity index (χ4n) is 0.461. The topological polar surface area (TPSA) is 217 Å². The first-order chi connectivity index (χ1) is 12.2. The summed E-state index contributed by atoms with van der Waals surface area (Å²) < 4.78 is 110. The van der Waals surface area contributed by atoms with Crippen molar-refractivity contribution in [3.05, 3.63) is 0 Å². The average Bonchev–Trinajstić information content (AvgIpc) is 2.34.